The number of halogens is 2. The zero-order valence-corrected chi connectivity index (χ0v) is 12.9. The van der Waals surface area contributed by atoms with Crippen LogP contribution in [0.25, 0.3) is 0 Å². The van der Waals surface area contributed by atoms with Crippen LogP contribution in [0.4, 0.5) is 10.1 Å². The normalized spacial score (nSPS) is 11.6. The van der Waals surface area contributed by atoms with E-state index in [0.717, 1.165) is 6.07 Å². The smallest absolute Gasteiger partial charge is 0.263 e. The monoisotopic (exact) mass is 362 g/mol. The molecule has 2 N–H and O–H groups in total. The molecule has 0 spiro atoms. The number of benzene rings is 1. The molecule has 108 valence electrons. The summed E-state index contributed by atoms with van der Waals surface area (Å²) < 4.78 is 41.6. The van der Waals surface area contributed by atoms with E-state index in [1.807, 2.05) is 0 Å². The standard InChI is InChI=1S/C12H12BrFN2O3S/c1-16-6-10(5-9(16)7-17)20(18,19)15-12-3-2-8(14)4-11(12)13/h2-6,15,17H,7H2,1H3. The molecule has 2 aromatic rings. The van der Waals surface area contributed by atoms with Gasteiger partial charge in [0.15, 0.2) is 0 Å². The molecule has 8 heteroatoms. The van der Waals surface area contributed by atoms with Gasteiger partial charge in [-0.05, 0) is 40.2 Å². The largest absolute Gasteiger partial charge is 0.390 e. The molecule has 0 saturated carbocycles. The van der Waals surface area contributed by atoms with E-state index in [1.54, 1.807) is 7.05 Å². The lowest BCUT2D eigenvalue weighted by Gasteiger charge is -2.08. The Morgan fingerprint density at radius 1 is 1.40 bits per heavy atom. The van der Waals surface area contributed by atoms with Crippen molar-refractivity contribution in [1.82, 2.24) is 4.57 Å². The van der Waals surface area contributed by atoms with Gasteiger partial charge in [-0.2, -0.15) is 0 Å². The molecule has 0 atom stereocenters. The molecule has 20 heavy (non-hydrogen) atoms. The Hall–Kier alpha value is -1.38. The van der Waals surface area contributed by atoms with Crippen LogP contribution in [0.1, 0.15) is 5.69 Å². The van der Waals surface area contributed by atoms with Crippen LogP contribution in [0.2, 0.25) is 0 Å². The molecule has 1 aromatic heterocycles. The summed E-state index contributed by atoms with van der Waals surface area (Å²) >= 11 is 3.09. The van der Waals surface area contributed by atoms with Gasteiger partial charge in [0.2, 0.25) is 0 Å². The van der Waals surface area contributed by atoms with E-state index in [-0.39, 0.29) is 17.2 Å². The van der Waals surface area contributed by atoms with E-state index in [4.69, 9.17) is 5.11 Å². The van der Waals surface area contributed by atoms with Crippen molar-refractivity contribution < 1.29 is 17.9 Å². The number of nitrogens with one attached hydrogen (secondary N) is 1. The van der Waals surface area contributed by atoms with Crippen LogP contribution in [0.5, 0.6) is 0 Å². The van der Waals surface area contributed by atoms with Gasteiger partial charge >= 0.3 is 0 Å². The number of aliphatic hydroxyl groups is 1. The summed E-state index contributed by atoms with van der Waals surface area (Å²) in [6.07, 6.45) is 1.39. The van der Waals surface area contributed by atoms with E-state index in [0.29, 0.717) is 10.2 Å². The maximum Gasteiger partial charge on any atom is 0.263 e. The van der Waals surface area contributed by atoms with Crippen molar-refractivity contribution in [2.24, 2.45) is 7.05 Å². The van der Waals surface area contributed by atoms with E-state index >= 15 is 0 Å². The number of nitrogens with zero attached hydrogens (tertiary/aromatic N) is 1. The first-order valence-corrected chi connectivity index (χ1v) is 7.85. The molecule has 1 aromatic carbocycles. The van der Waals surface area contributed by atoms with Gasteiger partial charge in [0, 0.05) is 23.4 Å². The number of sulfonamides is 1. The van der Waals surface area contributed by atoms with Gasteiger partial charge in [0.25, 0.3) is 10.0 Å². The second-order valence-corrected chi connectivity index (χ2v) is 6.70. The third-order valence-corrected chi connectivity index (χ3v) is 4.72. The summed E-state index contributed by atoms with van der Waals surface area (Å²) in [6.45, 7) is -0.258. The van der Waals surface area contributed by atoms with E-state index in [2.05, 4.69) is 20.7 Å². The maximum absolute atomic E-state index is 13.0. The summed E-state index contributed by atoms with van der Waals surface area (Å²) in [4.78, 5) is 0.0280. The van der Waals surface area contributed by atoms with Crippen molar-refractivity contribution >= 4 is 31.6 Å². The van der Waals surface area contributed by atoms with E-state index in [9.17, 15) is 12.8 Å². The summed E-state index contributed by atoms with van der Waals surface area (Å²) in [5.74, 6) is -0.470. The van der Waals surface area contributed by atoms with Gasteiger partial charge in [-0.15, -0.1) is 0 Å². The summed E-state index contributed by atoms with van der Waals surface area (Å²) in [5, 5.41) is 9.08. The average Bonchev–Trinajstić information content (AvgIpc) is 2.75. The first kappa shape index (κ1) is 15.0. The molecule has 0 aliphatic carbocycles. The van der Waals surface area contributed by atoms with Gasteiger partial charge in [-0.3, -0.25) is 4.72 Å². The minimum atomic E-state index is -3.79. The molecule has 0 bridgehead atoms. The first-order chi connectivity index (χ1) is 9.33. The molecule has 5 nitrogen and oxygen atoms in total. The number of hydrogen-bond donors (Lipinski definition) is 2. The van der Waals surface area contributed by atoms with Crippen LogP contribution in [-0.2, 0) is 23.7 Å². The third-order valence-electron chi connectivity index (χ3n) is 2.73. The average molecular weight is 363 g/mol. The van der Waals surface area contributed by atoms with Crippen LogP contribution in [0.15, 0.2) is 39.8 Å². The molecule has 0 amide bonds. The Morgan fingerprint density at radius 3 is 2.65 bits per heavy atom. The summed E-state index contributed by atoms with van der Waals surface area (Å²) in [7, 11) is -2.16. The Kier molecular flexibility index (Phi) is 4.17. The zero-order valence-electron chi connectivity index (χ0n) is 10.5. The molecule has 0 aliphatic rings. The van der Waals surface area contributed by atoms with Crippen LogP contribution >= 0.6 is 15.9 Å². The van der Waals surface area contributed by atoms with Crippen molar-refractivity contribution in [2.45, 2.75) is 11.5 Å². The highest BCUT2D eigenvalue weighted by Gasteiger charge is 2.18. The van der Waals surface area contributed by atoms with Crippen molar-refractivity contribution in [3.63, 3.8) is 0 Å². The van der Waals surface area contributed by atoms with Gasteiger partial charge in [-0.1, -0.05) is 0 Å². The quantitative estimate of drug-likeness (QED) is 0.875. The predicted octanol–water partition coefficient (Wildman–Crippen LogP) is 2.22. The van der Waals surface area contributed by atoms with Gasteiger partial charge < -0.3 is 9.67 Å². The van der Waals surface area contributed by atoms with Crippen molar-refractivity contribution in [3.05, 3.63) is 46.4 Å². The molecular formula is C12H12BrFN2O3S. The lowest BCUT2D eigenvalue weighted by molar-refractivity contribution is 0.272. The fourth-order valence-electron chi connectivity index (χ4n) is 1.66. The second-order valence-electron chi connectivity index (χ2n) is 4.17. The molecule has 0 fully saturated rings. The zero-order chi connectivity index (χ0) is 14.9. The van der Waals surface area contributed by atoms with Crippen molar-refractivity contribution in [3.8, 4) is 0 Å². The van der Waals surface area contributed by atoms with Crippen molar-refractivity contribution in [2.75, 3.05) is 4.72 Å². The van der Waals surface area contributed by atoms with Crippen LogP contribution in [0, 0.1) is 5.82 Å². The molecule has 2 rings (SSSR count). The molecule has 1 heterocycles. The molecule has 0 radical (unpaired) electrons. The number of aryl methyl sites for hydroxylation is 1. The number of rotatable bonds is 4. The van der Waals surface area contributed by atoms with E-state index < -0.39 is 15.8 Å². The number of anilines is 1. The molecule has 0 aliphatic heterocycles. The van der Waals surface area contributed by atoms with Crippen LogP contribution in [-0.4, -0.2) is 18.1 Å². The Morgan fingerprint density at radius 2 is 2.10 bits per heavy atom. The Bertz CT molecular complexity index is 743. The Balaban J connectivity index is 2.35. The molecule has 0 saturated heterocycles. The predicted molar refractivity (Wildman–Crippen MR) is 76.2 cm³/mol. The lowest BCUT2D eigenvalue weighted by Crippen LogP contribution is -2.12. The maximum atomic E-state index is 13.0. The highest BCUT2D eigenvalue weighted by atomic mass is 79.9. The third kappa shape index (κ3) is 3.02. The minimum Gasteiger partial charge on any atom is -0.390 e. The van der Waals surface area contributed by atoms with Crippen molar-refractivity contribution in [1.29, 1.82) is 0 Å². The van der Waals surface area contributed by atoms with Gasteiger partial charge in [0.05, 0.1) is 12.3 Å². The fourth-order valence-corrected chi connectivity index (χ4v) is 3.41. The summed E-state index contributed by atoms with van der Waals surface area (Å²) in [6, 6.07) is 5.03. The molecule has 0 unspecified atom stereocenters. The van der Waals surface area contributed by atoms with E-state index in [1.165, 1.54) is 29.0 Å². The highest BCUT2D eigenvalue weighted by molar-refractivity contribution is 9.10. The number of aromatic nitrogens is 1. The Labute approximate surface area is 124 Å². The number of aliphatic hydroxyl groups excluding tert-OH is 1. The lowest BCUT2D eigenvalue weighted by atomic mass is 10.3. The summed E-state index contributed by atoms with van der Waals surface area (Å²) in [5.41, 5.74) is 0.712. The van der Waals surface area contributed by atoms with Gasteiger partial charge in [-0.25, -0.2) is 12.8 Å². The topological polar surface area (TPSA) is 71.3 Å². The van der Waals surface area contributed by atoms with Gasteiger partial charge in [0.1, 0.15) is 10.7 Å². The second kappa shape index (κ2) is 5.55. The molecular weight excluding hydrogens is 351 g/mol. The fraction of sp³-hybridized carbons (Fsp3) is 0.167. The first-order valence-electron chi connectivity index (χ1n) is 5.57. The van der Waals surface area contributed by atoms with Crippen LogP contribution < -0.4 is 4.72 Å². The van der Waals surface area contributed by atoms with Crippen LogP contribution in [0.3, 0.4) is 0 Å². The number of hydrogen-bond acceptors (Lipinski definition) is 3. The minimum absolute atomic E-state index is 0.0280. The SMILES string of the molecule is Cn1cc(S(=O)(=O)Nc2ccc(F)cc2Br)cc1CO. The highest BCUT2D eigenvalue weighted by Crippen LogP contribution is 2.26.